The zero-order valence-corrected chi connectivity index (χ0v) is 22.4. The molecule has 0 radical (unpaired) electrons. The van der Waals surface area contributed by atoms with Crippen molar-refractivity contribution in [3.63, 3.8) is 0 Å². The molecule has 0 saturated carbocycles. The summed E-state index contributed by atoms with van der Waals surface area (Å²) >= 11 is 11.4. The van der Waals surface area contributed by atoms with Crippen LogP contribution in [0.25, 0.3) is 0 Å². The first-order chi connectivity index (χ1) is 18.6. The summed E-state index contributed by atoms with van der Waals surface area (Å²) in [4.78, 5) is 62.4. The summed E-state index contributed by atoms with van der Waals surface area (Å²) in [5.41, 5.74) is -0.551. The van der Waals surface area contributed by atoms with Crippen LogP contribution in [0.5, 0.6) is 0 Å². The van der Waals surface area contributed by atoms with Crippen LogP contribution in [-0.4, -0.2) is 81.1 Å². The van der Waals surface area contributed by atoms with E-state index in [2.05, 4.69) is 24.7 Å². The molecule has 18 heteroatoms. The highest BCUT2D eigenvalue weighted by atomic mass is 35.5. The Morgan fingerprint density at radius 2 is 1.23 bits per heavy atom. The molecule has 16 nitrogen and oxygen atoms in total. The van der Waals surface area contributed by atoms with Gasteiger partial charge in [0.1, 0.15) is 24.5 Å². The monoisotopic (exact) mass is 586 g/mol. The Bertz CT molecular complexity index is 1250. The molecule has 2 aromatic heterocycles. The first kappa shape index (κ1) is 29.6. The Labute approximate surface area is 231 Å². The van der Waals surface area contributed by atoms with Gasteiger partial charge in [-0.1, -0.05) is 0 Å². The second-order valence-electron chi connectivity index (χ2n) is 8.31. The predicted molar refractivity (Wildman–Crippen MR) is 137 cm³/mol. The van der Waals surface area contributed by atoms with Crippen molar-refractivity contribution >= 4 is 58.2 Å². The van der Waals surface area contributed by atoms with E-state index in [9.17, 15) is 29.8 Å². The molecule has 39 heavy (non-hydrogen) atoms. The topological polar surface area (TPSA) is 197 Å². The Balaban J connectivity index is 0.000000216. The number of piperidine rings is 1. The molecule has 2 aromatic rings. The molecular weight excluding hydrogens is 563 g/mol. The molecule has 2 aliphatic rings. The highest BCUT2D eigenvalue weighted by Gasteiger charge is 2.37. The summed E-state index contributed by atoms with van der Waals surface area (Å²) in [6, 6.07) is -1.16. The van der Waals surface area contributed by atoms with Gasteiger partial charge in [0.2, 0.25) is 22.2 Å². The molecule has 0 aliphatic carbocycles. The zero-order chi connectivity index (χ0) is 28.7. The van der Waals surface area contributed by atoms with E-state index >= 15 is 0 Å². The van der Waals surface area contributed by atoms with E-state index in [4.69, 9.17) is 27.9 Å². The largest absolute Gasteiger partial charge is 0.467 e. The van der Waals surface area contributed by atoms with Crippen molar-refractivity contribution in [3.05, 3.63) is 43.2 Å². The number of carbonyl (C=O) groups excluding carboxylic acids is 2. The second-order valence-corrected chi connectivity index (χ2v) is 8.99. The van der Waals surface area contributed by atoms with Crippen LogP contribution < -0.4 is 9.80 Å². The van der Waals surface area contributed by atoms with Crippen LogP contribution in [0.3, 0.4) is 0 Å². The van der Waals surface area contributed by atoms with Gasteiger partial charge in [-0.05, 0) is 55.3 Å². The highest BCUT2D eigenvalue weighted by molar-refractivity contribution is 6.28. The summed E-state index contributed by atoms with van der Waals surface area (Å²) in [6.45, 7) is 0.960. The number of anilines is 2. The minimum atomic E-state index is -0.599. The fourth-order valence-corrected chi connectivity index (χ4v) is 4.60. The maximum Gasteiger partial charge on any atom is 0.329 e. The number of carbonyl (C=O) groups is 2. The van der Waals surface area contributed by atoms with Gasteiger partial charge in [0, 0.05) is 13.1 Å². The fourth-order valence-electron chi connectivity index (χ4n) is 4.34. The van der Waals surface area contributed by atoms with Crippen LogP contribution in [-0.2, 0) is 19.1 Å². The van der Waals surface area contributed by atoms with E-state index in [0.29, 0.717) is 25.9 Å². The lowest BCUT2D eigenvalue weighted by Gasteiger charge is -2.34. The first-order valence-corrected chi connectivity index (χ1v) is 12.4. The molecule has 2 saturated heterocycles. The Morgan fingerprint density at radius 1 is 0.821 bits per heavy atom. The van der Waals surface area contributed by atoms with Gasteiger partial charge in [-0.15, -0.1) is 0 Å². The number of nitrogens with zero attached hydrogens (tertiary/aromatic N) is 8. The molecule has 2 aliphatic heterocycles. The van der Waals surface area contributed by atoms with Crippen LogP contribution in [0.2, 0.25) is 10.6 Å². The number of aromatic nitrogens is 4. The molecular formula is C21H24Cl2N8O8. The summed E-state index contributed by atoms with van der Waals surface area (Å²) in [6.07, 6.45) is 5.59. The minimum Gasteiger partial charge on any atom is -0.467 e. The smallest absolute Gasteiger partial charge is 0.329 e. The van der Waals surface area contributed by atoms with Gasteiger partial charge in [0.05, 0.1) is 24.1 Å². The summed E-state index contributed by atoms with van der Waals surface area (Å²) < 4.78 is 9.43. The van der Waals surface area contributed by atoms with E-state index in [0.717, 1.165) is 31.7 Å². The van der Waals surface area contributed by atoms with Crippen LogP contribution in [0.15, 0.2) is 12.4 Å². The van der Waals surface area contributed by atoms with Crippen molar-refractivity contribution in [3.8, 4) is 0 Å². The Morgan fingerprint density at radius 3 is 1.64 bits per heavy atom. The molecule has 0 aromatic carbocycles. The number of hydrogen-bond acceptors (Lipinski definition) is 14. The molecule has 0 amide bonds. The number of halogens is 2. The number of methoxy groups -OCH3 is 2. The second kappa shape index (κ2) is 13.2. The van der Waals surface area contributed by atoms with Gasteiger partial charge in [0.15, 0.2) is 0 Å². The summed E-state index contributed by atoms with van der Waals surface area (Å²) in [5.74, 6) is -0.765. The van der Waals surface area contributed by atoms with Crippen LogP contribution in [0.4, 0.5) is 23.0 Å². The molecule has 4 rings (SSSR count). The van der Waals surface area contributed by atoms with Crippen molar-refractivity contribution in [2.75, 3.05) is 37.1 Å². The predicted octanol–water partition coefficient (Wildman–Crippen LogP) is 2.75. The van der Waals surface area contributed by atoms with E-state index < -0.39 is 33.9 Å². The van der Waals surface area contributed by atoms with Gasteiger partial charge in [-0.3, -0.25) is 20.2 Å². The molecule has 0 unspecified atom stereocenters. The number of esters is 2. The molecule has 0 spiro atoms. The van der Waals surface area contributed by atoms with Crippen LogP contribution >= 0.6 is 23.2 Å². The highest BCUT2D eigenvalue weighted by Crippen LogP contribution is 2.33. The van der Waals surface area contributed by atoms with Gasteiger partial charge in [-0.25, -0.2) is 19.6 Å². The van der Waals surface area contributed by atoms with Gasteiger partial charge < -0.3 is 19.3 Å². The number of rotatable bonds is 6. The molecule has 2 atom stereocenters. The summed E-state index contributed by atoms with van der Waals surface area (Å²) in [5, 5.41) is 21.8. The average molecular weight is 587 g/mol. The number of hydrogen-bond donors (Lipinski definition) is 0. The van der Waals surface area contributed by atoms with E-state index in [1.165, 1.54) is 19.1 Å². The number of nitro groups is 2. The summed E-state index contributed by atoms with van der Waals surface area (Å²) in [7, 11) is 2.57. The molecule has 4 heterocycles. The van der Waals surface area contributed by atoms with Crippen molar-refractivity contribution in [2.45, 2.75) is 44.2 Å². The van der Waals surface area contributed by atoms with Gasteiger partial charge >= 0.3 is 23.3 Å². The average Bonchev–Trinajstić information content (AvgIpc) is 3.42. The third-order valence-corrected chi connectivity index (χ3v) is 6.45. The molecule has 0 bridgehead atoms. The van der Waals surface area contributed by atoms with Crippen LogP contribution in [0, 0.1) is 20.2 Å². The van der Waals surface area contributed by atoms with E-state index in [-0.39, 0.29) is 33.6 Å². The van der Waals surface area contributed by atoms with Crippen molar-refractivity contribution in [1.82, 2.24) is 19.9 Å². The van der Waals surface area contributed by atoms with E-state index in [1.54, 1.807) is 4.90 Å². The van der Waals surface area contributed by atoms with Gasteiger partial charge in [-0.2, -0.15) is 9.97 Å². The lowest BCUT2D eigenvalue weighted by molar-refractivity contribution is -0.384. The fraction of sp³-hybridized carbons (Fsp3) is 0.524. The third kappa shape index (κ3) is 6.94. The molecule has 0 N–H and O–H groups in total. The normalized spacial score (nSPS) is 18.6. The lowest BCUT2D eigenvalue weighted by atomic mass is 10.0. The van der Waals surface area contributed by atoms with Crippen molar-refractivity contribution in [2.24, 2.45) is 0 Å². The maximum absolute atomic E-state index is 11.8. The Kier molecular flexibility index (Phi) is 10.1. The van der Waals surface area contributed by atoms with Crippen molar-refractivity contribution in [1.29, 1.82) is 0 Å². The molecule has 2 fully saturated rings. The lowest BCUT2D eigenvalue weighted by Crippen LogP contribution is -2.46. The van der Waals surface area contributed by atoms with Gasteiger partial charge in [0.25, 0.3) is 0 Å². The third-order valence-electron chi connectivity index (χ3n) is 6.08. The zero-order valence-electron chi connectivity index (χ0n) is 20.9. The van der Waals surface area contributed by atoms with Crippen LogP contribution in [0.1, 0.15) is 32.1 Å². The minimum absolute atomic E-state index is 0.0536. The van der Waals surface area contributed by atoms with E-state index in [1.807, 2.05) is 0 Å². The standard InChI is InChI=1S/C11H13ClN4O4.C10H11ClN4O4/c1-20-10(17)7-4-2-3-5-15(7)9-8(16(18)19)6-13-11(12)14-9;1-19-9(16)6-3-2-4-14(6)8-7(15(17)18)5-12-10(11)13-8/h6-7H,2-5H2,1H3;5-6H,2-4H2,1H3/t7-;6-/m11/s1. The first-order valence-electron chi connectivity index (χ1n) is 11.6. The van der Waals surface area contributed by atoms with Crippen molar-refractivity contribution < 1.29 is 28.9 Å². The molecule has 210 valence electrons. The Hall–Kier alpha value is -3.92. The quantitative estimate of drug-likeness (QED) is 0.207. The SMILES string of the molecule is COC(=O)[C@H]1CCCCN1c1nc(Cl)ncc1[N+](=O)[O-].COC(=O)[C@H]1CCCN1c1nc(Cl)ncc1[N+](=O)[O-]. The maximum atomic E-state index is 11.8. The number of ether oxygens (including phenoxy) is 2.